The minimum Gasteiger partial charge on any atom is -0.396 e. The highest BCUT2D eigenvalue weighted by molar-refractivity contribution is 6.28. The number of H-pyrrole nitrogens is 1. The van der Waals surface area contributed by atoms with Gasteiger partial charge in [0.05, 0.1) is 12.9 Å². The Hall–Kier alpha value is -1.93. The molecular formula is C12H17ClN6O2. The predicted molar refractivity (Wildman–Crippen MR) is 79.1 cm³/mol. The van der Waals surface area contributed by atoms with Gasteiger partial charge >= 0.3 is 0 Å². The molecule has 4 N–H and O–H groups in total. The van der Waals surface area contributed by atoms with Gasteiger partial charge in [0, 0.05) is 13.2 Å². The predicted octanol–water partition coefficient (Wildman–Crippen LogP) is 0.697. The van der Waals surface area contributed by atoms with Crippen LogP contribution in [0.4, 0.5) is 5.82 Å². The van der Waals surface area contributed by atoms with E-state index in [-0.39, 0.29) is 24.3 Å². The van der Waals surface area contributed by atoms with Gasteiger partial charge in [0.25, 0.3) is 0 Å². The summed E-state index contributed by atoms with van der Waals surface area (Å²) in [5.74, 6) is 0.305. The number of aliphatic hydroxyl groups excluding tert-OH is 1. The number of hydrogen-bond acceptors (Lipinski definition) is 6. The van der Waals surface area contributed by atoms with E-state index in [0.29, 0.717) is 23.5 Å². The van der Waals surface area contributed by atoms with E-state index < -0.39 is 0 Å². The second kappa shape index (κ2) is 7.75. The maximum absolute atomic E-state index is 11.7. The average molecular weight is 313 g/mol. The van der Waals surface area contributed by atoms with Crippen molar-refractivity contribution in [2.75, 3.05) is 25.0 Å². The largest absolute Gasteiger partial charge is 0.396 e. The highest BCUT2D eigenvalue weighted by Crippen LogP contribution is 2.17. The number of nitrogens with one attached hydrogen (secondary N) is 3. The fraction of sp³-hybridized carbons (Fsp3) is 0.500. The first-order valence-electron chi connectivity index (χ1n) is 6.68. The molecule has 8 nitrogen and oxygen atoms in total. The third kappa shape index (κ3) is 4.54. The molecule has 2 aromatic heterocycles. The second-order valence-electron chi connectivity index (χ2n) is 4.43. The van der Waals surface area contributed by atoms with Gasteiger partial charge in [0.2, 0.25) is 11.2 Å². The minimum absolute atomic E-state index is 0.0708. The smallest absolute Gasteiger partial charge is 0.239 e. The zero-order valence-electron chi connectivity index (χ0n) is 11.4. The van der Waals surface area contributed by atoms with Gasteiger partial charge in [-0.2, -0.15) is 9.97 Å². The van der Waals surface area contributed by atoms with E-state index in [2.05, 4.69) is 30.6 Å². The van der Waals surface area contributed by atoms with Crippen LogP contribution in [0.25, 0.3) is 11.2 Å². The number of nitrogens with zero attached hydrogens (tertiary/aromatic N) is 3. The summed E-state index contributed by atoms with van der Waals surface area (Å²) >= 11 is 5.79. The molecule has 0 radical (unpaired) electrons. The number of carbonyl (C=O) groups is 1. The Morgan fingerprint density at radius 1 is 1.33 bits per heavy atom. The monoisotopic (exact) mass is 312 g/mol. The van der Waals surface area contributed by atoms with Crippen LogP contribution in [0, 0.1) is 0 Å². The number of unbranched alkanes of at least 4 members (excludes halogenated alkanes) is 2. The summed E-state index contributed by atoms with van der Waals surface area (Å²) in [6, 6.07) is 0. The normalized spacial score (nSPS) is 10.8. The number of aliphatic hydroxyl groups is 1. The van der Waals surface area contributed by atoms with Gasteiger partial charge in [-0.1, -0.05) is 0 Å². The van der Waals surface area contributed by atoms with E-state index in [1.807, 2.05) is 0 Å². The van der Waals surface area contributed by atoms with Crippen molar-refractivity contribution in [1.29, 1.82) is 0 Å². The van der Waals surface area contributed by atoms with Crippen molar-refractivity contribution in [1.82, 2.24) is 25.3 Å². The molecular weight excluding hydrogens is 296 g/mol. The zero-order valence-corrected chi connectivity index (χ0v) is 12.2. The van der Waals surface area contributed by atoms with E-state index in [9.17, 15) is 4.79 Å². The van der Waals surface area contributed by atoms with Crippen LogP contribution < -0.4 is 10.6 Å². The van der Waals surface area contributed by atoms with E-state index in [4.69, 9.17) is 16.7 Å². The van der Waals surface area contributed by atoms with Gasteiger partial charge in [-0.15, -0.1) is 0 Å². The average Bonchev–Trinajstić information content (AvgIpc) is 2.92. The molecule has 0 spiro atoms. The van der Waals surface area contributed by atoms with Crippen molar-refractivity contribution in [3.63, 3.8) is 0 Å². The quantitative estimate of drug-likeness (QED) is 0.421. The second-order valence-corrected chi connectivity index (χ2v) is 4.77. The zero-order chi connectivity index (χ0) is 15.1. The van der Waals surface area contributed by atoms with E-state index in [0.717, 1.165) is 19.3 Å². The molecule has 0 fully saturated rings. The molecule has 0 aliphatic carbocycles. The molecule has 21 heavy (non-hydrogen) atoms. The molecule has 9 heteroatoms. The Kier molecular flexibility index (Phi) is 5.70. The summed E-state index contributed by atoms with van der Waals surface area (Å²) in [5, 5.41) is 14.4. The van der Waals surface area contributed by atoms with E-state index in [1.165, 1.54) is 6.33 Å². The van der Waals surface area contributed by atoms with Crippen LogP contribution in [0.3, 0.4) is 0 Å². The number of hydrogen-bond donors (Lipinski definition) is 4. The highest BCUT2D eigenvalue weighted by atomic mass is 35.5. The van der Waals surface area contributed by atoms with Crippen molar-refractivity contribution >= 4 is 34.5 Å². The molecule has 2 rings (SSSR count). The third-order valence-corrected chi connectivity index (χ3v) is 3.00. The molecule has 2 aromatic rings. The van der Waals surface area contributed by atoms with Crippen LogP contribution in [0.15, 0.2) is 6.33 Å². The van der Waals surface area contributed by atoms with Crippen molar-refractivity contribution in [2.24, 2.45) is 0 Å². The van der Waals surface area contributed by atoms with Crippen LogP contribution in [0.5, 0.6) is 0 Å². The highest BCUT2D eigenvalue weighted by Gasteiger charge is 2.09. The SMILES string of the molecule is O=C(CNc1nc(Cl)nc2nc[nH]c12)NCCCCCO. The molecule has 0 atom stereocenters. The first-order valence-corrected chi connectivity index (χ1v) is 7.06. The lowest BCUT2D eigenvalue weighted by atomic mass is 10.2. The fourth-order valence-corrected chi connectivity index (χ4v) is 1.97. The lowest BCUT2D eigenvalue weighted by molar-refractivity contribution is -0.119. The first-order chi connectivity index (χ1) is 10.2. The molecule has 0 saturated carbocycles. The van der Waals surface area contributed by atoms with Gasteiger partial charge in [-0.05, 0) is 30.9 Å². The summed E-state index contributed by atoms with van der Waals surface area (Å²) in [7, 11) is 0. The Bertz CT molecular complexity index is 602. The first kappa shape index (κ1) is 15.5. The fourth-order valence-electron chi connectivity index (χ4n) is 1.80. The number of carbonyl (C=O) groups excluding carboxylic acids is 1. The van der Waals surface area contributed by atoms with Crippen LogP contribution in [-0.4, -0.2) is 50.6 Å². The molecule has 114 valence electrons. The lowest BCUT2D eigenvalue weighted by Crippen LogP contribution is -2.30. The molecule has 1 amide bonds. The van der Waals surface area contributed by atoms with Crippen molar-refractivity contribution in [2.45, 2.75) is 19.3 Å². The van der Waals surface area contributed by atoms with Gasteiger partial charge in [0.15, 0.2) is 11.5 Å². The van der Waals surface area contributed by atoms with E-state index >= 15 is 0 Å². The van der Waals surface area contributed by atoms with Crippen LogP contribution in [0.2, 0.25) is 5.28 Å². The summed E-state index contributed by atoms with van der Waals surface area (Å²) in [5.41, 5.74) is 1.05. The number of fused-ring (bicyclic) bond motifs is 1. The van der Waals surface area contributed by atoms with Crippen LogP contribution in [-0.2, 0) is 4.79 Å². The Labute approximate surface area is 126 Å². The number of amides is 1. The molecule has 0 unspecified atom stereocenters. The summed E-state index contributed by atoms with van der Waals surface area (Å²) in [6.45, 7) is 0.857. The van der Waals surface area contributed by atoms with Gasteiger partial charge < -0.3 is 20.7 Å². The molecule has 0 aliphatic rings. The number of aromatic amines is 1. The summed E-state index contributed by atoms with van der Waals surface area (Å²) in [4.78, 5) is 26.6. The van der Waals surface area contributed by atoms with Crippen LogP contribution >= 0.6 is 11.6 Å². The van der Waals surface area contributed by atoms with Crippen LogP contribution in [0.1, 0.15) is 19.3 Å². The Morgan fingerprint density at radius 3 is 3.00 bits per heavy atom. The number of halogens is 1. The maximum Gasteiger partial charge on any atom is 0.239 e. The maximum atomic E-state index is 11.7. The van der Waals surface area contributed by atoms with E-state index in [1.54, 1.807) is 0 Å². The molecule has 0 bridgehead atoms. The molecule has 0 aromatic carbocycles. The molecule has 2 heterocycles. The number of rotatable bonds is 8. The number of imidazole rings is 1. The van der Waals surface area contributed by atoms with Crippen molar-refractivity contribution < 1.29 is 9.90 Å². The lowest BCUT2D eigenvalue weighted by Gasteiger charge is -2.07. The third-order valence-electron chi connectivity index (χ3n) is 2.83. The standard InChI is InChI=1S/C12H17ClN6O2/c13-12-18-10(9-11(19-12)17-7-16-9)15-6-8(21)14-4-2-1-3-5-20/h7,20H,1-6H2,(H,14,21)(H2,15,16,17,18,19). The topological polar surface area (TPSA) is 116 Å². The summed E-state index contributed by atoms with van der Waals surface area (Å²) < 4.78 is 0. The number of anilines is 1. The molecule has 0 aliphatic heterocycles. The van der Waals surface area contributed by atoms with Gasteiger partial charge in [-0.3, -0.25) is 4.79 Å². The van der Waals surface area contributed by atoms with Gasteiger partial charge in [0.1, 0.15) is 5.52 Å². The molecule has 0 saturated heterocycles. The van der Waals surface area contributed by atoms with Crippen molar-refractivity contribution in [3.05, 3.63) is 11.6 Å². The summed E-state index contributed by atoms with van der Waals surface area (Å²) in [6.07, 6.45) is 3.98. The Balaban J connectivity index is 1.81. The van der Waals surface area contributed by atoms with Gasteiger partial charge in [-0.25, -0.2) is 4.98 Å². The number of aromatic nitrogens is 4. The minimum atomic E-state index is -0.138. The van der Waals surface area contributed by atoms with Crippen molar-refractivity contribution in [3.8, 4) is 0 Å². The Morgan fingerprint density at radius 2 is 2.19 bits per heavy atom.